The van der Waals surface area contributed by atoms with Gasteiger partial charge in [-0.3, -0.25) is 4.79 Å². The van der Waals surface area contributed by atoms with Gasteiger partial charge in [-0.15, -0.1) is 0 Å². The van der Waals surface area contributed by atoms with E-state index in [2.05, 4.69) is 6.07 Å². The van der Waals surface area contributed by atoms with Crippen LogP contribution in [0.15, 0.2) is 30.3 Å². The summed E-state index contributed by atoms with van der Waals surface area (Å²) < 4.78 is 5.09. The lowest BCUT2D eigenvalue weighted by molar-refractivity contribution is -0.148. The maximum Gasteiger partial charge on any atom is 0.309 e. The monoisotopic (exact) mass is 245 g/mol. The molecule has 0 aliphatic heterocycles. The van der Waals surface area contributed by atoms with Gasteiger partial charge in [0, 0.05) is 6.42 Å². The number of esters is 1. The number of hydrogen-bond donors (Lipinski definition) is 0. The van der Waals surface area contributed by atoms with Gasteiger partial charge in [0.1, 0.15) is 0 Å². The first-order valence-electron chi connectivity index (χ1n) is 6.35. The zero-order valence-corrected chi connectivity index (χ0v) is 10.8. The molecule has 0 heterocycles. The van der Waals surface area contributed by atoms with Crippen LogP contribution in [0, 0.1) is 17.2 Å². The number of nitrogens with zero attached hydrogens (tertiary/aromatic N) is 1. The minimum Gasteiger partial charge on any atom is -0.466 e. The van der Waals surface area contributed by atoms with Gasteiger partial charge in [-0.1, -0.05) is 30.3 Å². The normalized spacial score (nSPS) is 11.6. The SMILES string of the molecule is CCOC(=O)C(CCCC#N)Cc1ccccc1. The standard InChI is InChI=1S/C15H19NO2/c1-2-18-15(17)14(10-6-7-11-16)12-13-8-4-3-5-9-13/h3-5,8-9,14H,2,6-7,10,12H2,1H3. The number of hydrogen-bond acceptors (Lipinski definition) is 3. The van der Waals surface area contributed by atoms with E-state index in [0.717, 1.165) is 12.0 Å². The Labute approximate surface area is 108 Å². The van der Waals surface area contributed by atoms with E-state index >= 15 is 0 Å². The smallest absolute Gasteiger partial charge is 0.309 e. The van der Waals surface area contributed by atoms with Crippen LogP contribution in [0.3, 0.4) is 0 Å². The van der Waals surface area contributed by atoms with Crippen molar-refractivity contribution in [1.82, 2.24) is 0 Å². The van der Waals surface area contributed by atoms with E-state index in [1.807, 2.05) is 37.3 Å². The molecule has 0 aliphatic rings. The van der Waals surface area contributed by atoms with Crippen molar-refractivity contribution in [1.29, 1.82) is 5.26 Å². The van der Waals surface area contributed by atoms with Gasteiger partial charge in [0.2, 0.25) is 0 Å². The summed E-state index contributed by atoms with van der Waals surface area (Å²) in [6.07, 6.45) is 2.63. The maximum absolute atomic E-state index is 11.8. The van der Waals surface area contributed by atoms with Crippen LogP contribution in [-0.4, -0.2) is 12.6 Å². The molecule has 0 aromatic heterocycles. The van der Waals surface area contributed by atoms with Crippen LogP contribution in [0.5, 0.6) is 0 Å². The predicted octanol–water partition coefficient (Wildman–Crippen LogP) is 3.10. The average molecular weight is 245 g/mol. The molecule has 0 N–H and O–H groups in total. The fourth-order valence-electron chi connectivity index (χ4n) is 1.89. The number of ether oxygens (including phenoxy) is 1. The summed E-state index contributed by atoms with van der Waals surface area (Å²) in [6, 6.07) is 12.0. The zero-order chi connectivity index (χ0) is 13.2. The van der Waals surface area contributed by atoms with Crippen LogP contribution < -0.4 is 0 Å². The highest BCUT2D eigenvalue weighted by Gasteiger charge is 2.19. The molecular formula is C15H19NO2. The van der Waals surface area contributed by atoms with Gasteiger partial charge in [0.15, 0.2) is 0 Å². The molecule has 0 radical (unpaired) electrons. The molecule has 1 atom stereocenters. The number of rotatable bonds is 7. The van der Waals surface area contributed by atoms with Crippen molar-refractivity contribution in [2.24, 2.45) is 5.92 Å². The van der Waals surface area contributed by atoms with E-state index in [9.17, 15) is 4.79 Å². The third-order valence-corrected chi connectivity index (χ3v) is 2.79. The van der Waals surface area contributed by atoms with Gasteiger partial charge in [0.05, 0.1) is 18.6 Å². The molecule has 3 nitrogen and oxygen atoms in total. The first kappa shape index (κ1) is 14.2. The van der Waals surface area contributed by atoms with Crippen molar-refractivity contribution in [3.05, 3.63) is 35.9 Å². The highest BCUT2D eigenvalue weighted by atomic mass is 16.5. The Morgan fingerprint density at radius 2 is 2.11 bits per heavy atom. The molecule has 18 heavy (non-hydrogen) atoms. The first-order valence-corrected chi connectivity index (χ1v) is 6.35. The molecule has 1 aromatic rings. The summed E-state index contributed by atoms with van der Waals surface area (Å²) in [5, 5.41) is 8.54. The molecule has 0 saturated carbocycles. The van der Waals surface area contributed by atoms with Crippen molar-refractivity contribution in [3.8, 4) is 6.07 Å². The number of carbonyl (C=O) groups excluding carboxylic acids is 1. The second-order valence-electron chi connectivity index (χ2n) is 4.19. The summed E-state index contributed by atoms with van der Waals surface area (Å²) in [7, 11) is 0. The number of benzene rings is 1. The van der Waals surface area contributed by atoms with Gasteiger partial charge in [-0.2, -0.15) is 5.26 Å². The minimum atomic E-state index is -0.153. The number of unbranched alkanes of at least 4 members (excludes halogenated alkanes) is 1. The lowest BCUT2D eigenvalue weighted by Crippen LogP contribution is -2.20. The summed E-state index contributed by atoms with van der Waals surface area (Å²) in [4.78, 5) is 11.8. The Morgan fingerprint density at radius 1 is 1.39 bits per heavy atom. The van der Waals surface area contributed by atoms with Crippen LogP contribution in [0.25, 0.3) is 0 Å². The Kier molecular flexibility index (Phi) is 6.56. The van der Waals surface area contributed by atoms with E-state index in [0.29, 0.717) is 25.9 Å². The van der Waals surface area contributed by atoms with Crippen LogP contribution >= 0.6 is 0 Å². The van der Waals surface area contributed by atoms with E-state index in [1.54, 1.807) is 0 Å². The lowest BCUT2D eigenvalue weighted by Gasteiger charge is -2.14. The van der Waals surface area contributed by atoms with Gasteiger partial charge in [-0.25, -0.2) is 0 Å². The quantitative estimate of drug-likeness (QED) is 0.548. The summed E-state index contributed by atoms with van der Waals surface area (Å²) in [6.45, 7) is 2.22. The first-order chi connectivity index (χ1) is 8.77. The van der Waals surface area contributed by atoms with Crippen molar-refractivity contribution >= 4 is 5.97 Å². The van der Waals surface area contributed by atoms with Crippen LogP contribution in [0.4, 0.5) is 0 Å². The molecule has 0 saturated heterocycles. The minimum absolute atomic E-state index is 0.138. The van der Waals surface area contributed by atoms with E-state index < -0.39 is 0 Å². The predicted molar refractivity (Wildman–Crippen MR) is 69.7 cm³/mol. The lowest BCUT2D eigenvalue weighted by atomic mass is 9.94. The fourth-order valence-corrected chi connectivity index (χ4v) is 1.89. The van der Waals surface area contributed by atoms with Crippen LogP contribution in [0.1, 0.15) is 31.7 Å². The molecule has 1 aromatic carbocycles. The van der Waals surface area contributed by atoms with Gasteiger partial charge < -0.3 is 4.74 Å². The Balaban J connectivity index is 2.59. The molecule has 1 rings (SSSR count). The summed E-state index contributed by atoms with van der Waals surface area (Å²) in [5.41, 5.74) is 1.13. The van der Waals surface area contributed by atoms with E-state index in [-0.39, 0.29) is 11.9 Å². The molecule has 0 bridgehead atoms. The third kappa shape index (κ3) is 5.01. The molecular weight excluding hydrogens is 226 g/mol. The van der Waals surface area contributed by atoms with Gasteiger partial charge >= 0.3 is 5.97 Å². The van der Waals surface area contributed by atoms with Crippen molar-refractivity contribution in [3.63, 3.8) is 0 Å². The molecule has 96 valence electrons. The fraction of sp³-hybridized carbons (Fsp3) is 0.467. The van der Waals surface area contributed by atoms with Crippen molar-refractivity contribution < 1.29 is 9.53 Å². The van der Waals surface area contributed by atoms with Crippen LogP contribution in [-0.2, 0) is 16.0 Å². The topological polar surface area (TPSA) is 50.1 Å². The molecule has 0 fully saturated rings. The largest absolute Gasteiger partial charge is 0.466 e. The molecule has 0 spiro atoms. The highest BCUT2D eigenvalue weighted by Crippen LogP contribution is 2.17. The summed E-state index contributed by atoms with van der Waals surface area (Å²) >= 11 is 0. The van der Waals surface area contributed by atoms with Crippen molar-refractivity contribution in [2.45, 2.75) is 32.6 Å². The maximum atomic E-state index is 11.8. The molecule has 1 unspecified atom stereocenters. The second kappa shape index (κ2) is 8.30. The molecule has 0 amide bonds. The number of nitriles is 1. The van der Waals surface area contributed by atoms with Gasteiger partial charge in [-0.05, 0) is 31.7 Å². The second-order valence-corrected chi connectivity index (χ2v) is 4.19. The third-order valence-electron chi connectivity index (χ3n) is 2.79. The summed E-state index contributed by atoms with van der Waals surface area (Å²) in [5.74, 6) is -0.292. The molecule has 0 aliphatic carbocycles. The van der Waals surface area contributed by atoms with E-state index in [1.165, 1.54) is 0 Å². The number of carbonyl (C=O) groups is 1. The Bertz CT molecular complexity index is 395. The van der Waals surface area contributed by atoms with E-state index in [4.69, 9.17) is 10.00 Å². The van der Waals surface area contributed by atoms with Gasteiger partial charge in [0.25, 0.3) is 0 Å². The Morgan fingerprint density at radius 3 is 2.72 bits per heavy atom. The highest BCUT2D eigenvalue weighted by molar-refractivity contribution is 5.72. The zero-order valence-electron chi connectivity index (χ0n) is 10.8. The van der Waals surface area contributed by atoms with Crippen LogP contribution in [0.2, 0.25) is 0 Å². The van der Waals surface area contributed by atoms with Crippen molar-refractivity contribution in [2.75, 3.05) is 6.61 Å². The average Bonchev–Trinajstić information content (AvgIpc) is 2.39. The molecule has 3 heteroatoms. The Hall–Kier alpha value is -1.82.